The lowest BCUT2D eigenvalue weighted by Crippen LogP contribution is -2.41. The van der Waals surface area contributed by atoms with E-state index in [4.69, 9.17) is 16.9 Å². The lowest BCUT2D eigenvalue weighted by molar-refractivity contribution is -0.117. The molecule has 4 rings (SSSR count). The van der Waals surface area contributed by atoms with Crippen LogP contribution in [0.3, 0.4) is 0 Å². The highest BCUT2D eigenvalue weighted by molar-refractivity contribution is 6.31. The summed E-state index contributed by atoms with van der Waals surface area (Å²) < 4.78 is 14.5. The van der Waals surface area contributed by atoms with Crippen molar-refractivity contribution in [1.29, 1.82) is 5.26 Å². The standard InChI is InChI=1S/C26H23ClFN5O2/c1-17-13-20(7-9-21(17)27)33(12-4-11-29)25(34)16-32(15-18-5-2-3-6-22(18)28)19-8-10-23-24(14-19)31-26(35)30-23/h2-3,5-10,13-14H,4,12,15-16H2,1H3,(H2,30,31,35). The molecule has 0 radical (unpaired) electrons. The van der Waals surface area contributed by atoms with E-state index in [-0.39, 0.29) is 43.5 Å². The van der Waals surface area contributed by atoms with Crippen molar-refractivity contribution in [3.05, 3.63) is 93.1 Å². The van der Waals surface area contributed by atoms with Crippen LogP contribution >= 0.6 is 11.6 Å². The van der Waals surface area contributed by atoms with Crippen LogP contribution in [0.25, 0.3) is 11.0 Å². The number of nitriles is 1. The largest absolute Gasteiger partial charge is 0.358 e. The van der Waals surface area contributed by atoms with E-state index in [2.05, 4.69) is 16.0 Å². The number of benzene rings is 3. The van der Waals surface area contributed by atoms with E-state index in [0.717, 1.165) is 5.56 Å². The molecule has 1 aromatic heterocycles. The zero-order valence-corrected chi connectivity index (χ0v) is 19.8. The number of anilines is 2. The van der Waals surface area contributed by atoms with Gasteiger partial charge in [0, 0.05) is 35.1 Å². The molecule has 0 aliphatic heterocycles. The van der Waals surface area contributed by atoms with E-state index in [1.165, 1.54) is 11.0 Å². The second-order valence-corrected chi connectivity index (χ2v) is 8.55. The number of H-pyrrole nitrogens is 2. The van der Waals surface area contributed by atoms with Crippen molar-refractivity contribution < 1.29 is 9.18 Å². The summed E-state index contributed by atoms with van der Waals surface area (Å²) in [5.41, 5.74) is 3.36. The van der Waals surface area contributed by atoms with Crippen LogP contribution in [0.5, 0.6) is 0 Å². The Balaban J connectivity index is 1.70. The Bertz CT molecular complexity index is 1470. The second kappa shape index (κ2) is 10.5. The molecule has 9 heteroatoms. The molecule has 0 fully saturated rings. The molecule has 3 aromatic carbocycles. The molecule has 0 saturated carbocycles. The van der Waals surface area contributed by atoms with Gasteiger partial charge in [-0.3, -0.25) is 4.79 Å². The Morgan fingerprint density at radius 3 is 2.54 bits per heavy atom. The predicted octanol–water partition coefficient (Wildman–Crippen LogP) is 4.91. The maximum Gasteiger partial charge on any atom is 0.323 e. The summed E-state index contributed by atoms with van der Waals surface area (Å²) in [6.07, 6.45) is 0.150. The molecule has 1 amide bonds. The van der Waals surface area contributed by atoms with E-state index < -0.39 is 0 Å². The number of aryl methyl sites for hydroxylation is 1. The fourth-order valence-corrected chi connectivity index (χ4v) is 4.01. The average molecular weight is 492 g/mol. The third-order valence-corrected chi connectivity index (χ3v) is 6.14. The number of halogens is 2. The number of carbonyl (C=O) groups excluding carboxylic acids is 1. The minimum atomic E-state index is -0.379. The Morgan fingerprint density at radius 2 is 1.80 bits per heavy atom. The van der Waals surface area contributed by atoms with Crippen molar-refractivity contribution in [2.24, 2.45) is 0 Å². The fourth-order valence-electron chi connectivity index (χ4n) is 3.89. The number of rotatable bonds is 8. The predicted molar refractivity (Wildman–Crippen MR) is 135 cm³/mol. The number of nitrogens with zero attached hydrogens (tertiary/aromatic N) is 3. The summed E-state index contributed by atoms with van der Waals surface area (Å²) in [5, 5.41) is 9.72. The van der Waals surface area contributed by atoms with Crippen LogP contribution in [0.1, 0.15) is 17.5 Å². The van der Waals surface area contributed by atoms with Crippen LogP contribution in [0, 0.1) is 24.1 Å². The number of aromatic amines is 2. The Labute approximate surface area is 206 Å². The van der Waals surface area contributed by atoms with Gasteiger partial charge in [0.05, 0.1) is 30.1 Å². The van der Waals surface area contributed by atoms with Crippen LogP contribution in [0.15, 0.2) is 65.5 Å². The van der Waals surface area contributed by atoms with Crippen molar-refractivity contribution in [1.82, 2.24) is 9.97 Å². The zero-order valence-electron chi connectivity index (χ0n) is 19.0. The molecule has 178 valence electrons. The van der Waals surface area contributed by atoms with Crippen molar-refractivity contribution in [3.63, 3.8) is 0 Å². The highest BCUT2D eigenvalue weighted by Gasteiger charge is 2.21. The molecule has 0 aliphatic carbocycles. The summed E-state index contributed by atoms with van der Waals surface area (Å²) in [7, 11) is 0. The molecule has 2 N–H and O–H groups in total. The van der Waals surface area contributed by atoms with Gasteiger partial charge in [-0.25, -0.2) is 9.18 Å². The molecule has 0 bridgehead atoms. The van der Waals surface area contributed by atoms with Gasteiger partial charge in [0.1, 0.15) is 5.82 Å². The van der Waals surface area contributed by atoms with Gasteiger partial charge in [-0.2, -0.15) is 5.26 Å². The Morgan fingerprint density at radius 1 is 1.06 bits per heavy atom. The van der Waals surface area contributed by atoms with Crippen LogP contribution < -0.4 is 15.5 Å². The molecule has 35 heavy (non-hydrogen) atoms. The van der Waals surface area contributed by atoms with E-state index in [1.807, 2.05) is 6.92 Å². The Hall–Kier alpha value is -4.09. The first-order chi connectivity index (χ1) is 16.9. The number of amides is 1. The average Bonchev–Trinajstić information content (AvgIpc) is 3.21. The van der Waals surface area contributed by atoms with Crippen molar-refractivity contribution in [3.8, 4) is 6.07 Å². The molecule has 1 heterocycles. The van der Waals surface area contributed by atoms with Gasteiger partial charge in [0.15, 0.2) is 0 Å². The smallest absolute Gasteiger partial charge is 0.323 e. The fraction of sp³-hybridized carbons (Fsp3) is 0.192. The molecule has 7 nitrogen and oxygen atoms in total. The molecule has 0 aliphatic rings. The number of fused-ring (bicyclic) bond motifs is 1. The first kappa shape index (κ1) is 24.0. The number of nitrogens with one attached hydrogen (secondary N) is 2. The number of hydrogen-bond donors (Lipinski definition) is 2. The van der Waals surface area contributed by atoms with Crippen molar-refractivity contribution >= 4 is 39.9 Å². The molecular weight excluding hydrogens is 469 g/mol. The Kier molecular flexibility index (Phi) is 7.18. The van der Waals surface area contributed by atoms with Crippen LogP contribution in [0.2, 0.25) is 5.02 Å². The summed E-state index contributed by atoms with van der Waals surface area (Å²) in [4.78, 5) is 34.0. The quantitative estimate of drug-likeness (QED) is 0.366. The lowest BCUT2D eigenvalue weighted by Gasteiger charge is -2.29. The molecule has 0 atom stereocenters. The van der Waals surface area contributed by atoms with Gasteiger partial charge >= 0.3 is 5.69 Å². The lowest BCUT2D eigenvalue weighted by atomic mass is 10.1. The first-order valence-electron chi connectivity index (χ1n) is 11.0. The minimum Gasteiger partial charge on any atom is -0.358 e. The van der Waals surface area contributed by atoms with E-state index in [1.54, 1.807) is 59.5 Å². The molecule has 0 saturated heterocycles. The van der Waals surface area contributed by atoms with E-state index in [9.17, 15) is 14.0 Å². The number of aromatic nitrogens is 2. The van der Waals surface area contributed by atoms with Gasteiger partial charge in [-0.1, -0.05) is 29.8 Å². The second-order valence-electron chi connectivity index (χ2n) is 8.14. The maximum atomic E-state index is 14.5. The normalized spacial score (nSPS) is 10.8. The summed E-state index contributed by atoms with van der Waals surface area (Å²) in [6.45, 7) is 2.09. The van der Waals surface area contributed by atoms with Gasteiger partial charge in [0.2, 0.25) is 5.91 Å². The first-order valence-corrected chi connectivity index (χ1v) is 11.4. The number of hydrogen-bond acceptors (Lipinski definition) is 4. The van der Waals surface area contributed by atoms with E-state index >= 15 is 0 Å². The highest BCUT2D eigenvalue weighted by Crippen LogP contribution is 2.25. The monoisotopic (exact) mass is 491 g/mol. The van der Waals surface area contributed by atoms with Crippen LogP contribution in [-0.4, -0.2) is 29.0 Å². The third kappa shape index (κ3) is 5.53. The summed E-state index contributed by atoms with van der Waals surface area (Å²) >= 11 is 6.16. The molecular formula is C26H23ClFN5O2. The molecule has 4 aromatic rings. The van der Waals surface area contributed by atoms with Gasteiger partial charge in [-0.05, 0) is 55.0 Å². The van der Waals surface area contributed by atoms with Crippen molar-refractivity contribution in [2.75, 3.05) is 22.9 Å². The number of carbonyl (C=O) groups is 1. The topological polar surface area (TPSA) is 96.0 Å². The third-order valence-electron chi connectivity index (χ3n) is 5.71. The maximum absolute atomic E-state index is 14.5. The van der Waals surface area contributed by atoms with Gasteiger partial charge in [-0.15, -0.1) is 0 Å². The zero-order chi connectivity index (χ0) is 24.9. The van der Waals surface area contributed by atoms with Crippen LogP contribution in [-0.2, 0) is 11.3 Å². The molecule has 0 spiro atoms. The van der Waals surface area contributed by atoms with Gasteiger partial charge in [0.25, 0.3) is 0 Å². The molecule has 0 unspecified atom stereocenters. The highest BCUT2D eigenvalue weighted by atomic mass is 35.5. The van der Waals surface area contributed by atoms with E-state index in [0.29, 0.717) is 33.0 Å². The van der Waals surface area contributed by atoms with Crippen molar-refractivity contribution in [2.45, 2.75) is 19.9 Å². The minimum absolute atomic E-state index is 0.0817. The number of imidazole rings is 1. The van der Waals surface area contributed by atoms with Crippen LogP contribution in [0.4, 0.5) is 15.8 Å². The summed E-state index contributed by atoms with van der Waals surface area (Å²) in [5.74, 6) is -0.642. The summed E-state index contributed by atoms with van der Waals surface area (Å²) in [6, 6.07) is 19.0. The van der Waals surface area contributed by atoms with Gasteiger partial charge < -0.3 is 19.8 Å². The SMILES string of the molecule is Cc1cc(N(CCC#N)C(=O)CN(Cc2ccccc2F)c2ccc3[nH]c(=O)[nH]c3c2)ccc1Cl.